The standard InChI is InChI=1S/C21H21F2N3O3S/c1-11-16(18(27)20(29)25-21(2)9-30-10-21)15-4-3-7-26(15)17(11)19(28)24-12-5-6-13(22)14(23)8-12/h5-6,8H,3-4,7,9-10H2,1-2H3,(H,24,28)(H,25,29). The number of rotatable bonds is 5. The van der Waals surface area contributed by atoms with Crippen molar-refractivity contribution in [1.29, 1.82) is 0 Å². The van der Waals surface area contributed by atoms with E-state index in [0.717, 1.165) is 30.1 Å². The van der Waals surface area contributed by atoms with E-state index < -0.39 is 29.2 Å². The molecule has 3 heterocycles. The number of carbonyl (C=O) groups is 3. The van der Waals surface area contributed by atoms with E-state index in [2.05, 4.69) is 10.6 Å². The maximum Gasteiger partial charge on any atom is 0.292 e. The number of aromatic nitrogens is 1. The van der Waals surface area contributed by atoms with Crippen molar-refractivity contribution < 1.29 is 23.2 Å². The number of thioether (sulfide) groups is 1. The first-order valence-corrected chi connectivity index (χ1v) is 10.8. The number of anilines is 1. The summed E-state index contributed by atoms with van der Waals surface area (Å²) in [5, 5.41) is 5.36. The zero-order valence-electron chi connectivity index (χ0n) is 16.6. The fourth-order valence-electron chi connectivity index (χ4n) is 4.00. The van der Waals surface area contributed by atoms with Crippen molar-refractivity contribution in [2.24, 2.45) is 0 Å². The summed E-state index contributed by atoms with van der Waals surface area (Å²) in [6.45, 7) is 4.07. The molecule has 1 fully saturated rings. The molecule has 1 saturated heterocycles. The maximum atomic E-state index is 13.5. The van der Waals surface area contributed by atoms with Crippen LogP contribution in [0.3, 0.4) is 0 Å². The first-order chi connectivity index (χ1) is 14.2. The summed E-state index contributed by atoms with van der Waals surface area (Å²) in [6, 6.07) is 3.09. The molecule has 9 heteroatoms. The minimum absolute atomic E-state index is 0.105. The lowest BCUT2D eigenvalue weighted by Crippen LogP contribution is -2.57. The molecule has 0 saturated carbocycles. The molecule has 0 atom stereocenters. The smallest absolute Gasteiger partial charge is 0.292 e. The van der Waals surface area contributed by atoms with Crippen LogP contribution in [0.1, 0.15) is 45.4 Å². The highest BCUT2D eigenvalue weighted by atomic mass is 32.2. The van der Waals surface area contributed by atoms with Crippen molar-refractivity contribution in [3.05, 3.63) is 52.3 Å². The molecule has 0 aliphatic carbocycles. The van der Waals surface area contributed by atoms with Gasteiger partial charge in [-0.15, -0.1) is 0 Å². The second-order valence-electron chi connectivity index (χ2n) is 7.97. The molecule has 2 amide bonds. The first kappa shape index (κ1) is 20.6. The van der Waals surface area contributed by atoms with Crippen LogP contribution in [0.2, 0.25) is 0 Å². The Bertz CT molecular complexity index is 1080. The number of nitrogens with zero attached hydrogens (tertiary/aromatic N) is 1. The minimum Gasteiger partial charge on any atom is -0.342 e. The van der Waals surface area contributed by atoms with Gasteiger partial charge in [0.2, 0.25) is 0 Å². The van der Waals surface area contributed by atoms with Gasteiger partial charge < -0.3 is 15.2 Å². The predicted molar refractivity (Wildman–Crippen MR) is 110 cm³/mol. The lowest BCUT2D eigenvalue weighted by molar-refractivity contribution is -0.118. The Morgan fingerprint density at radius 1 is 1.17 bits per heavy atom. The highest BCUT2D eigenvalue weighted by Crippen LogP contribution is 2.32. The summed E-state index contributed by atoms with van der Waals surface area (Å²) in [7, 11) is 0. The van der Waals surface area contributed by atoms with Gasteiger partial charge in [-0.25, -0.2) is 8.78 Å². The summed E-state index contributed by atoms with van der Waals surface area (Å²) < 4.78 is 28.4. The van der Waals surface area contributed by atoms with Crippen molar-refractivity contribution in [1.82, 2.24) is 9.88 Å². The molecule has 30 heavy (non-hydrogen) atoms. The third kappa shape index (κ3) is 3.51. The van der Waals surface area contributed by atoms with Gasteiger partial charge in [-0.3, -0.25) is 14.4 Å². The molecule has 0 spiro atoms. The van der Waals surface area contributed by atoms with Crippen LogP contribution in [0.25, 0.3) is 0 Å². The van der Waals surface area contributed by atoms with E-state index in [4.69, 9.17) is 0 Å². The molecule has 0 bridgehead atoms. The zero-order valence-corrected chi connectivity index (χ0v) is 17.4. The molecule has 0 radical (unpaired) electrons. The van der Waals surface area contributed by atoms with Gasteiger partial charge in [-0.2, -0.15) is 11.8 Å². The molecular weight excluding hydrogens is 412 g/mol. The molecule has 4 rings (SSSR count). The average molecular weight is 433 g/mol. The topological polar surface area (TPSA) is 80.2 Å². The SMILES string of the molecule is Cc1c(C(=O)C(=O)NC2(C)CSC2)c2n(c1C(=O)Nc1ccc(F)c(F)c1)CCC2. The molecule has 6 nitrogen and oxygen atoms in total. The van der Waals surface area contributed by atoms with E-state index in [1.165, 1.54) is 6.07 Å². The van der Waals surface area contributed by atoms with Crippen LogP contribution in [0.4, 0.5) is 14.5 Å². The lowest BCUT2D eigenvalue weighted by Gasteiger charge is -2.38. The van der Waals surface area contributed by atoms with Crippen LogP contribution in [-0.2, 0) is 17.8 Å². The second-order valence-corrected chi connectivity index (χ2v) is 8.96. The number of Topliss-reactive ketones (excluding diaryl/α,β-unsaturated/α-hetero) is 1. The van der Waals surface area contributed by atoms with Gasteiger partial charge in [0, 0.05) is 35.5 Å². The van der Waals surface area contributed by atoms with Crippen molar-refractivity contribution in [2.75, 3.05) is 16.8 Å². The Morgan fingerprint density at radius 3 is 2.53 bits per heavy atom. The van der Waals surface area contributed by atoms with Crippen LogP contribution in [-0.4, -0.2) is 39.2 Å². The maximum absolute atomic E-state index is 13.5. The largest absolute Gasteiger partial charge is 0.342 e. The predicted octanol–water partition coefficient (Wildman–Crippen LogP) is 3.08. The number of ketones is 1. The number of nitrogens with one attached hydrogen (secondary N) is 2. The molecule has 0 unspecified atom stereocenters. The second kappa shape index (κ2) is 7.54. The monoisotopic (exact) mass is 433 g/mol. The van der Waals surface area contributed by atoms with Gasteiger partial charge in [0.25, 0.3) is 17.6 Å². The van der Waals surface area contributed by atoms with Crippen molar-refractivity contribution >= 4 is 35.0 Å². The summed E-state index contributed by atoms with van der Waals surface area (Å²) in [5.74, 6) is -2.44. The fraction of sp³-hybridized carbons (Fsp3) is 0.381. The van der Waals surface area contributed by atoms with Gasteiger partial charge in [0.15, 0.2) is 11.6 Å². The third-order valence-corrected chi connectivity index (χ3v) is 7.17. The molecule has 2 aliphatic heterocycles. The van der Waals surface area contributed by atoms with E-state index in [-0.39, 0.29) is 22.5 Å². The van der Waals surface area contributed by atoms with E-state index in [0.29, 0.717) is 24.2 Å². The van der Waals surface area contributed by atoms with Gasteiger partial charge >= 0.3 is 0 Å². The van der Waals surface area contributed by atoms with Crippen molar-refractivity contribution in [3.8, 4) is 0 Å². The Hall–Kier alpha value is -2.68. The van der Waals surface area contributed by atoms with Gasteiger partial charge in [0.05, 0.1) is 11.1 Å². The van der Waals surface area contributed by atoms with Crippen LogP contribution >= 0.6 is 11.8 Å². The average Bonchev–Trinajstić information content (AvgIpc) is 3.22. The van der Waals surface area contributed by atoms with Crippen LogP contribution in [0.15, 0.2) is 18.2 Å². The summed E-state index contributed by atoms with van der Waals surface area (Å²) in [4.78, 5) is 38.5. The molecule has 2 N–H and O–H groups in total. The number of benzene rings is 1. The number of halogens is 2. The quantitative estimate of drug-likeness (QED) is 0.561. The van der Waals surface area contributed by atoms with E-state index in [9.17, 15) is 23.2 Å². The number of carbonyl (C=O) groups excluding carboxylic acids is 3. The number of hydrogen-bond donors (Lipinski definition) is 2. The minimum atomic E-state index is -1.07. The molecule has 1 aromatic carbocycles. The van der Waals surface area contributed by atoms with Crippen LogP contribution in [0, 0.1) is 18.6 Å². The Kier molecular flexibility index (Phi) is 5.17. The van der Waals surface area contributed by atoms with Gasteiger partial charge in [-0.1, -0.05) is 0 Å². The third-order valence-electron chi connectivity index (χ3n) is 5.49. The summed E-state index contributed by atoms with van der Waals surface area (Å²) in [6.07, 6.45) is 1.33. The highest BCUT2D eigenvalue weighted by molar-refractivity contribution is 8.00. The molecule has 1 aromatic heterocycles. The van der Waals surface area contributed by atoms with Crippen molar-refractivity contribution in [3.63, 3.8) is 0 Å². The number of amides is 2. The zero-order chi connectivity index (χ0) is 21.6. The Morgan fingerprint density at radius 2 is 1.90 bits per heavy atom. The number of fused-ring (bicyclic) bond motifs is 1. The normalized spacial score (nSPS) is 16.5. The van der Waals surface area contributed by atoms with E-state index in [1.54, 1.807) is 23.3 Å². The molecule has 158 valence electrons. The lowest BCUT2D eigenvalue weighted by atomic mass is 10.0. The molecular formula is C21H21F2N3O3S. The molecule has 2 aromatic rings. The van der Waals surface area contributed by atoms with Gasteiger partial charge in [-0.05, 0) is 44.4 Å². The van der Waals surface area contributed by atoms with Crippen LogP contribution < -0.4 is 10.6 Å². The summed E-state index contributed by atoms with van der Waals surface area (Å²) in [5.41, 5.74) is 1.31. The highest BCUT2D eigenvalue weighted by Gasteiger charge is 2.38. The molecule has 2 aliphatic rings. The van der Waals surface area contributed by atoms with Crippen molar-refractivity contribution in [2.45, 2.75) is 38.8 Å². The Balaban J connectivity index is 1.63. The van der Waals surface area contributed by atoms with Gasteiger partial charge in [0.1, 0.15) is 5.69 Å². The number of hydrogen-bond acceptors (Lipinski definition) is 4. The first-order valence-electron chi connectivity index (χ1n) is 9.63. The Labute approximate surface area is 176 Å². The van der Waals surface area contributed by atoms with Crippen LogP contribution in [0.5, 0.6) is 0 Å². The van der Waals surface area contributed by atoms with E-state index in [1.807, 2.05) is 6.92 Å². The summed E-state index contributed by atoms with van der Waals surface area (Å²) >= 11 is 1.69. The fourth-order valence-corrected chi connectivity index (χ4v) is 4.96. The van der Waals surface area contributed by atoms with E-state index >= 15 is 0 Å².